The van der Waals surface area contributed by atoms with Crippen molar-refractivity contribution in [2.75, 3.05) is 0 Å². The first-order valence-corrected chi connectivity index (χ1v) is 5.62. The summed E-state index contributed by atoms with van der Waals surface area (Å²) < 4.78 is 5.30. The van der Waals surface area contributed by atoms with Crippen LogP contribution in [0.25, 0.3) is 0 Å². The molecule has 0 atom stereocenters. The molecule has 0 aliphatic carbocycles. The summed E-state index contributed by atoms with van der Waals surface area (Å²) in [5, 5.41) is 4.09. The van der Waals surface area contributed by atoms with E-state index >= 15 is 0 Å². The van der Waals surface area contributed by atoms with Gasteiger partial charge in [-0.05, 0) is 6.42 Å². The Hall–Kier alpha value is -0.860. The number of rotatable bonds is 3. The third kappa shape index (κ3) is 2.80. The zero-order valence-electron chi connectivity index (χ0n) is 10.7. The molecule has 0 aliphatic heterocycles. The third-order valence-electron chi connectivity index (χ3n) is 2.55. The van der Waals surface area contributed by atoms with E-state index in [4.69, 9.17) is 4.52 Å². The van der Waals surface area contributed by atoms with Crippen molar-refractivity contribution in [3.05, 3.63) is 11.7 Å². The van der Waals surface area contributed by atoms with Crippen LogP contribution in [0.4, 0.5) is 0 Å². The molecule has 3 heteroatoms. The van der Waals surface area contributed by atoms with Gasteiger partial charge in [0.2, 0.25) is 5.89 Å². The van der Waals surface area contributed by atoms with Crippen LogP contribution in [0.2, 0.25) is 0 Å². The van der Waals surface area contributed by atoms with Crippen LogP contribution < -0.4 is 0 Å². The lowest BCUT2D eigenvalue weighted by Gasteiger charge is -2.19. The van der Waals surface area contributed by atoms with Gasteiger partial charge in [0.15, 0.2) is 5.82 Å². The van der Waals surface area contributed by atoms with Crippen LogP contribution in [0.5, 0.6) is 0 Å². The molecule has 0 spiro atoms. The predicted molar refractivity (Wildman–Crippen MR) is 60.9 cm³/mol. The molecular weight excluding hydrogens is 188 g/mol. The molecule has 15 heavy (non-hydrogen) atoms. The van der Waals surface area contributed by atoms with Gasteiger partial charge in [-0.15, -0.1) is 0 Å². The second-order valence-corrected chi connectivity index (χ2v) is 5.81. The van der Waals surface area contributed by atoms with Crippen molar-refractivity contribution in [1.82, 2.24) is 10.1 Å². The minimum absolute atomic E-state index is 0.0156. The Kier molecular flexibility index (Phi) is 3.22. The Morgan fingerprint density at radius 3 is 2.13 bits per heavy atom. The summed E-state index contributed by atoms with van der Waals surface area (Å²) in [6, 6.07) is 0. The van der Waals surface area contributed by atoms with E-state index in [0.717, 1.165) is 24.6 Å². The maximum absolute atomic E-state index is 5.30. The summed E-state index contributed by atoms with van der Waals surface area (Å²) in [5.74, 6) is 1.55. The van der Waals surface area contributed by atoms with Crippen molar-refractivity contribution < 1.29 is 4.52 Å². The highest BCUT2D eigenvalue weighted by Crippen LogP contribution is 2.28. The topological polar surface area (TPSA) is 38.9 Å². The van der Waals surface area contributed by atoms with Gasteiger partial charge < -0.3 is 4.52 Å². The van der Waals surface area contributed by atoms with Crippen LogP contribution >= 0.6 is 0 Å². The summed E-state index contributed by atoms with van der Waals surface area (Å²) in [6.45, 7) is 12.7. The fourth-order valence-electron chi connectivity index (χ4n) is 1.54. The summed E-state index contributed by atoms with van der Waals surface area (Å²) in [7, 11) is 0. The monoisotopic (exact) mass is 210 g/mol. The van der Waals surface area contributed by atoms with E-state index in [0.29, 0.717) is 0 Å². The van der Waals surface area contributed by atoms with Gasteiger partial charge in [0.05, 0.1) is 0 Å². The van der Waals surface area contributed by atoms with Crippen LogP contribution in [0.15, 0.2) is 4.52 Å². The highest BCUT2D eigenvalue weighted by molar-refractivity contribution is 5.06. The van der Waals surface area contributed by atoms with Gasteiger partial charge in [0.1, 0.15) is 0 Å². The normalized spacial score (nSPS) is 13.2. The molecule has 0 bridgehead atoms. The Morgan fingerprint density at radius 2 is 1.73 bits per heavy atom. The van der Waals surface area contributed by atoms with E-state index in [-0.39, 0.29) is 10.8 Å². The number of hydrogen-bond acceptors (Lipinski definition) is 3. The molecule has 0 fully saturated rings. The first kappa shape index (κ1) is 12.2. The van der Waals surface area contributed by atoms with Crippen molar-refractivity contribution in [1.29, 1.82) is 0 Å². The van der Waals surface area contributed by atoms with Gasteiger partial charge in [-0.3, -0.25) is 0 Å². The number of hydrogen-bond donors (Lipinski definition) is 0. The maximum Gasteiger partial charge on any atom is 0.232 e. The SMILES string of the molecule is CCCC(C)(C)c1noc(C(C)(C)C)n1. The third-order valence-corrected chi connectivity index (χ3v) is 2.55. The molecule has 3 nitrogen and oxygen atoms in total. The van der Waals surface area contributed by atoms with E-state index in [1.54, 1.807) is 0 Å². The second-order valence-electron chi connectivity index (χ2n) is 5.81. The molecule has 1 heterocycles. The zero-order valence-corrected chi connectivity index (χ0v) is 10.7. The van der Waals surface area contributed by atoms with Gasteiger partial charge >= 0.3 is 0 Å². The Labute approximate surface area is 92.3 Å². The van der Waals surface area contributed by atoms with Crippen molar-refractivity contribution in [2.45, 2.75) is 65.2 Å². The molecule has 0 unspecified atom stereocenters. The lowest BCUT2D eigenvalue weighted by atomic mass is 9.87. The number of aromatic nitrogens is 2. The molecule has 0 aliphatic rings. The highest BCUT2D eigenvalue weighted by Gasteiger charge is 2.29. The van der Waals surface area contributed by atoms with Crippen LogP contribution in [-0.2, 0) is 10.8 Å². The molecule has 1 aromatic heterocycles. The smallest absolute Gasteiger partial charge is 0.232 e. The van der Waals surface area contributed by atoms with Gasteiger partial charge in [-0.1, -0.05) is 53.1 Å². The fraction of sp³-hybridized carbons (Fsp3) is 0.833. The van der Waals surface area contributed by atoms with E-state index < -0.39 is 0 Å². The summed E-state index contributed by atoms with van der Waals surface area (Å²) in [6.07, 6.45) is 2.21. The fourth-order valence-corrected chi connectivity index (χ4v) is 1.54. The van der Waals surface area contributed by atoms with Crippen LogP contribution in [0, 0.1) is 0 Å². The predicted octanol–water partition coefficient (Wildman–Crippen LogP) is 3.44. The van der Waals surface area contributed by atoms with Crippen LogP contribution in [0.1, 0.15) is 66.1 Å². The maximum atomic E-state index is 5.30. The molecule has 0 saturated heterocycles. The van der Waals surface area contributed by atoms with Crippen molar-refractivity contribution >= 4 is 0 Å². The summed E-state index contributed by atoms with van der Waals surface area (Å²) in [4.78, 5) is 4.49. The van der Waals surface area contributed by atoms with Crippen molar-refractivity contribution in [3.8, 4) is 0 Å². The second kappa shape index (κ2) is 3.95. The molecule has 0 radical (unpaired) electrons. The van der Waals surface area contributed by atoms with E-state index in [2.05, 4.69) is 51.7 Å². The summed E-state index contributed by atoms with van der Waals surface area (Å²) in [5.41, 5.74) is -0.0463. The molecule has 1 aromatic rings. The first-order chi connectivity index (χ1) is 6.77. The lowest BCUT2D eigenvalue weighted by molar-refractivity contribution is 0.311. The standard InChI is InChI=1S/C12H22N2O/c1-7-8-12(5,6)9-13-10(15-14-9)11(2,3)4/h7-8H2,1-6H3. The van der Waals surface area contributed by atoms with E-state index in [1.807, 2.05) is 0 Å². The minimum atomic E-state index is -0.0620. The first-order valence-electron chi connectivity index (χ1n) is 5.62. The van der Waals surface area contributed by atoms with Crippen LogP contribution in [-0.4, -0.2) is 10.1 Å². The molecule has 0 saturated carbocycles. The van der Waals surface area contributed by atoms with Crippen molar-refractivity contribution in [2.24, 2.45) is 0 Å². The van der Waals surface area contributed by atoms with Crippen molar-refractivity contribution in [3.63, 3.8) is 0 Å². The van der Waals surface area contributed by atoms with E-state index in [1.165, 1.54) is 0 Å². The molecule has 0 amide bonds. The highest BCUT2D eigenvalue weighted by atomic mass is 16.5. The Morgan fingerprint density at radius 1 is 1.13 bits per heavy atom. The molecule has 0 aromatic carbocycles. The van der Waals surface area contributed by atoms with Gasteiger partial charge in [0.25, 0.3) is 0 Å². The average molecular weight is 210 g/mol. The molecule has 1 rings (SSSR count). The largest absolute Gasteiger partial charge is 0.339 e. The zero-order chi connectivity index (χ0) is 11.7. The molecule has 0 N–H and O–H groups in total. The van der Waals surface area contributed by atoms with E-state index in [9.17, 15) is 0 Å². The Balaban J connectivity index is 2.94. The van der Waals surface area contributed by atoms with Gasteiger partial charge in [-0.25, -0.2) is 0 Å². The van der Waals surface area contributed by atoms with Gasteiger partial charge in [-0.2, -0.15) is 4.98 Å². The lowest BCUT2D eigenvalue weighted by Crippen LogP contribution is -2.19. The quantitative estimate of drug-likeness (QED) is 0.767. The molecular formula is C12H22N2O. The number of nitrogens with zero attached hydrogens (tertiary/aromatic N) is 2. The van der Waals surface area contributed by atoms with Gasteiger partial charge in [0, 0.05) is 10.8 Å². The Bertz CT molecular complexity index is 321. The average Bonchev–Trinajstić information content (AvgIpc) is 2.50. The summed E-state index contributed by atoms with van der Waals surface area (Å²) >= 11 is 0. The molecule has 86 valence electrons. The minimum Gasteiger partial charge on any atom is -0.339 e. The van der Waals surface area contributed by atoms with Crippen LogP contribution in [0.3, 0.4) is 0 Å².